The number of ketones is 2. The third kappa shape index (κ3) is 2.90. The highest BCUT2D eigenvalue weighted by molar-refractivity contribution is 6.18. The molecule has 1 aliphatic carbocycles. The maximum Gasteiger partial charge on any atom is 0.308 e. The molecule has 0 fully saturated rings. The van der Waals surface area contributed by atoms with Gasteiger partial charge in [-0.2, -0.15) is 0 Å². The number of esters is 2. The van der Waals surface area contributed by atoms with Crippen molar-refractivity contribution >= 4 is 23.5 Å². The van der Waals surface area contributed by atoms with Crippen LogP contribution in [0.15, 0.2) is 36.4 Å². The molecule has 0 heterocycles. The highest BCUT2D eigenvalue weighted by Crippen LogP contribution is 2.43. The Morgan fingerprint density at radius 2 is 1.19 bits per heavy atom. The molecular formula is C20H16O6. The van der Waals surface area contributed by atoms with Gasteiger partial charge in [0.1, 0.15) is 17.3 Å². The number of benzene rings is 2. The predicted molar refractivity (Wildman–Crippen MR) is 91.5 cm³/mol. The van der Waals surface area contributed by atoms with Crippen molar-refractivity contribution in [1.29, 1.82) is 0 Å². The quantitative estimate of drug-likeness (QED) is 0.624. The molecule has 6 nitrogen and oxygen atoms in total. The van der Waals surface area contributed by atoms with Crippen molar-refractivity contribution in [3.8, 4) is 11.5 Å². The largest absolute Gasteiger partial charge is 0.426 e. The minimum absolute atomic E-state index is 0.0783. The molecule has 0 saturated carbocycles. The number of hydrogen-bond donors (Lipinski definition) is 0. The zero-order chi connectivity index (χ0) is 19.0. The summed E-state index contributed by atoms with van der Waals surface area (Å²) in [5, 5.41) is 0. The van der Waals surface area contributed by atoms with Crippen molar-refractivity contribution < 1.29 is 28.7 Å². The zero-order valence-electron chi connectivity index (χ0n) is 14.5. The molecule has 0 saturated heterocycles. The molecule has 6 heteroatoms. The van der Waals surface area contributed by atoms with Gasteiger partial charge in [0.25, 0.3) is 0 Å². The topological polar surface area (TPSA) is 86.7 Å². The van der Waals surface area contributed by atoms with Gasteiger partial charge in [0.15, 0.2) is 0 Å². The molecule has 2 aromatic carbocycles. The van der Waals surface area contributed by atoms with Gasteiger partial charge >= 0.3 is 11.9 Å². The lowest BCUT2D eigenvalue weighted by atomic mass is 9.75. The van der Waals surface area contributed by atoms with Crippen LogP contribution in [0.4, 0.5) is 0 Å². The van der Waals surface area contributed by atoms with Gasteiger partial charge in [-0.05, 0) is 30.2 Å². The molecule has 0 unspecified atom stereocenters. The first-order valence-electron chi connectivity index (χ1n) is 7.99. The second-order valence-corrected chi connectivity index (χ2v) is 6.00. The monoisotopic (exact) mass is 352 g/mol. The zero-order valence-corrected chi connectivity index (χ0v) is 14.5. The van der Waals surface area contributed by atoms with Crippen LogP contribution in [0.2, 0.25) is 0 Å². The molecule has 0 bridgehead atoms. The van der Waals surface area contributed by atoms with E-state index in [0.29, 0.717) is 11.1 Å². The van der Waals surface area contributed by atoms with Crippen LogP contribution in [-0.2, 0) is 14.4 Å². The molecule has 0 amide bonds. The summed E-state index contributed by atoms with van der Waals surface area (Å²) in [7, 11) is 0. The van der Waals surface area contributed by atoms with Crippen molar-refractivity contribution in [1.82, 2.24) is 0 Å². The number of Topliss-reactive ketones (excluding diaryl/α,β-unsaturated/α-hetero) is 1. The average molecular weight is 352 g/mol. The number of carbonyl (C=O) groups is 4. The van der Waals surface area contributed by atoms with Gasteiger partial charge in [0, 0.05) is 13.8 Å². The molecule has 26 heavy (non-hydrogen) atoms. The number of hydrogen-bond acceptors (Lipinski definition) is 6. The molecule has 3 rings (SSSR count). The fourth-order valence-electron chi connectivity index (χ4n) is 3.27. The maximum absolute atomic E-state index is 13.2. The Hall–Kier alpha value is -3.28. The Bertz CT molecular complexity index is 887. The molecule has 0 N–H and O–H groups in total. The molecule has 0 spiro atoms. The molecule has 132 valence electrons. The lowest BCUT2D eigenvalue weighted by molar-refractivity contribution is -0.132. The van der Waals surface area contributed by atoms with Gasteiger partial charge in [0.2, 0.25) is 5.78 Å². The normalized spacial score (nSPS) is 12.8. The first kappa shape index (κ1) is 17.5. The molecule has 0 aromatic heterocycles. The van der Waals surface area contributed by atoms with Crippen LogP contribution in [0.3, 0.4) is 0 Å². The Balaban J connectivity index is 2.31. The third-order valence-electron chi connectivity index (χ3n) is 4.11. The van der Waals surface area contributed by atoms with E-state index >= 15 is 0 Å². The van der Waals surface area contributed by atoms with Gasteiger partial charge < -0.3 is 9.47 Å². The number of ether oxygens (including phenoxy) is 2. The van der Waals surface area contributed by atoms with Crippen molar-refractivity contribution in [2.45, 2.75) is 26.7 Å². The van der Waals surface area contributed by atoms with Crippen molar-refractivity contribution in [3.05, 3.63) is 58.7 Å². The second-order valence-electron chi connectivity index (χ2n) is 6.00. The molecular weight excluding hydrogens is 336 g/mol. The lowest BCUT2D eigenvalue weighted by Crippen LogP contribution is -2.26. The van der Waals surface area contributed by atoms with E-state index in [1.165, 1.54) is 32.9 Å². The van der Waals surface area contributed by atoms with Crippen molar-refractivity contribution in [2.75, 3.05) is 0 Å². The first-order chi connectivity index (χ1) is 12.3. The van der Waals surface area contributed by atoms with Gasteiger partial charge in [-0.3, -0.25) is 19.2 Å². The summed E-state index contributed by atoms with van der Waals surface area (Å²) in [4.78, 5) is 48.4. The van der Waals surface area contributed by atoms with E-state index < -0.39 is 23.6 Å². The van der Waals surface area contributed by atoms with Crippen LogP contribution in [0.1, 0.15) is 53.7 Å². The number of fused-ring (bicyclic) bond motifs is 2. The van der Waals surface area contributed by atoms with Crippen LogP contribution in [0.5, 0.6) is 11.5 Å². The Kier molecular flexibility index (Phi) is 4.42. The van der Waals surface area contributed by atoms with Crippen LogP contribution >= 0.6 is 0 Å². The summed E-state index contributed by atoms with van der Waals surface area (Å²) in [5.41, 5.74) is 1.20. The summed E-state index contributed by atoms with van der Waals surface area (Å²) < 4.78 is 10.3. The Morgan fingerprint density at radius 3 is 1.54 bits per heavy atom. The number of rotatable bonds is 3. The van der Waals surface area contributed by atoms with E-state index in [1.54, 1.807) is 24.3 Å². The minimum atomic E-state index is -0.719. The number of carbonyl (C=O) groups excluding carboxylic acids is 4. The smallest absolute Gasteiger partial charge is 0.308 e. The summed E-state index contributed by atoms with van der Waals surface area (Å²) in [6.07, 6.45) is 0. The highest BCUT2D eigenvalue weighted by atomic mass is 16.5. The van der Waals surface area contributed by atoms with E-state index in [9.17, 15) is 19.2 Å². The van der Waals surface area contributed by atoms with E-state index in [4.69, 9.17) is 9.47 Å². The van der Waals surface area contributed by atoms with Gasteiger partial charge in [-0.25, -0.2) is 0 Å². The lowest BCUT2D eigenvalue weighted by Gasteiger charge is -2.28. The first-order valence-corrected chi connectivity index (χ1v) is 7.99. The van der Waals surface area contributed by atoms with Crippen LogP contribution in [-0.4, -0.2) is 23.5 Å². The van der Waals surface area contributed by atoms with E-state index in [1.807, 2.05) is 0 Å². The fourth-order valence-corrected chi connectivity index (χ4v) is 3.27. The SMILES string of the molecule is CC(=O)Oc1cccc2c1C(=O)c1c(OC(C)=O)cccc1C2C(C)=O. The van der Waals surface area contributed by atoms with Crippen LogP contribution in [0.25, 0.3) is 0 Å². The van der Waals surface area contributed by atoms with Gasteiger partial charge in [-0.1, -0.05) is 24.3 Å². The van der Waals surface area contributed by atoms with E-state index in [-0.39, 0.29) is 28.4 Å². The van der Waals surface area contributed by atoms with Crippen LogP contribution < -0.4 is 9.47 Å². The summed E-state index contributed by atoms with van der Waals surface area (Å²) >= 11 is 0. The molecule has 0 atom stereocenters. The standard InChI is InChI=1S/C20H16O6/c1-10(21)17-13-6-4-8-15(25-11(2)22)18(13)20(24)19-14(17)7-5-9-16(19)26-12(3)23/h4-9,17H,1-3H3. The molecule has 2 aromatic rings. The summed E-state index contributed by atoms with van der Waals surface area (Å²) in [6, 6.07) is 9.56. The van der Waals surface area contributed by atoms with Gasteiger partial charge in [0.05, 0.1) is 17.0 Å². The second kappa shape index (κ2) is 6.55. The van der Waals surface area contributed by atoms with Crippen molar-refractivity contribution in [3.63, 3.8) is 0 Å². The average Bonchev–Trinajstić information content (AvgIpc) is 2.53. The fraction of sp³-hybridized carbons (Fsp3) is 0.200. The molecule has 0 radical (unpaired) electrons. The third-order valence-corrected chi connectivity index (χ3v) is 4.11. The van der Waals surface area contributed by atoms with Crippen molar-refractivity contribution in [2.24, 2.45) is 0 Å². The maximum atomic E-state index is 13.2. The highest BCUT2D eigenvalue weighted by Gasteiger charge is 2.38. The summed E-state index contributed by atoms with van der Waals surface area (Å²) in [6.45, 7) is 3.88. The summed E-state index contributed by atoms with van der Waals surface area (Å²) in [5.74, 6) is -2.36. The Morgan fingerprint density at radius 1 is 0.769 bits per heavy atom. The van der Waals surface area contributed by atoms with E-state index in [0.717, 1.165) is 0 Å². The predicted octanol–water partition coefficient (Wildman–Crippen LogP) is 2.80. The molecule has 0 aliphatic heterocycles. The van der Waals surface area contributed by atoms with Crippen LogP contribution in [0, 0.1) is 0 Å². The Labute approximate surface area is 149 Å². The minimum Gasteiger partial charge on any atom is -0.426 e. The van der Waals surface area contributed by atoms with Gasteiger partial charge in [-0.15, -0.1) is 0 Å². The molecule has 1 aliphatic rings. The van der Waals surface area contributed by atoms with E-state index in [2.05, 4.69) is 0 Å².